The topological polar surface area (TPSA) is 97.7 Å². The van der Waals surface area contributed by atoms with Crippen LogP contribution < -0.4 is 10.5 Å². The van der Waals surface area contributed by atoms with E-state index in [4.69, 9.17) is 31.0 Å². The standard InChI is InChI=1S/C14H15ClN2O4S/c15-11-7-12(17-8-9-2-1-4-20-9)10(6-13(11)22-16)14(19)21-5-3-18/h1-2,4,6-7,17-18H,3,5,8,16H2. The fourth-order valence-corrected chi connectivity index (χ4v) is 2.43. The Bertz CT molecular complexity index is 634. The number of aliphatic hydroxyl groups is 1. The molecular formula is C14H15ClN2O4S. The van der Waals surface area contributed by atoms with Gasteiger partial charge in [-0.2, -0.15) is 0 Å². The predicted octanol–water partition coefficient (Wildman–Crippen LogP) is 2.66. The number of hydrogen-bond donors (Lipinski definition) is 3. The van der Waals surface area contributed by atoms with Crippen LogP contribution in [0.3, 0.4) is 0 Å². The van der Waals surface area contributed by atoms with Gasteiger partial charge in [-0.15, -0.1) is 0 Å². The average Bonchev–Trinajstić information content (AvgIpc) is 3.04. The van der Waals surface area contributed by atoms with E-state index < -0.39 is 5.97 Å². The Morgan fingerprint density at radius 3 is 2.95 bits per heavy atom. The summed E-state index contributed by atoms with van der Waals surface area (Å²) in [6.45, 7) is 0.0654. The molecule has 0 spiro atoms. The molecule has 0 saturated heterocycles. The minimum Gasteiger partial charge on any atom is -0.467 e. The number of hydrogen-bond acceptors (Lipinski definition) is 7. The van der Waals surface area contributed by atoms with Crippen molar-refractivity contribution >= 4 is 35.2 Å². The molecule has 1 aromatic heterocycles. The van der Waals surface area contributed by atoms with Gasteiger partial charge in [-0.3, -0.25) is 5.14 Å². The molecule has 0 bridgehead atoms. The largest absolute Gasteiger partial charge is 0.467 e. The van der Waals surface area contributed by atoms with E-state index in [-0.39, 0.29) is 18.8 Å². The van der Waals surface area contributed by atoms with E-state index in [0.717, 1.165) is 11.9 Å². The van der Waals surface area contributed by atoms with Crippen LogP contribution >= 0.6 is 23.5 Å². The maximum Gasteiger partial charge on any atom is 0.340 e. The number of esters is 1. The number of halogens is 1. The Balaban J connectivity index is 2.24. The van der Waals surface area contributed by atoms with Crippen molar-refractivity contribution in [2.45, 2.75) is 11.4 Å². The van der Waals surface area contributed by atoms with E-state index in [0.29, 0.717) is 27.9 Å². The second-order valence-electron chi connectivity index (χ2n) is 4.24. The van der Waals surface area contributed by atoms with Crippen molar-refractivity contribution in [1.82, 2.24) is 0 Å². The van der Waals surface area contributed by atoms with Crippen molar-refractivity contribution in [3.8, 4) is 0 Å². The van der Waals surface area contributed by atoms with Gasteiger partial charge in [0.2, 0.25) is 0 Å². The summed E-state index contributed by atoms with van der Waals surface area (Å²) in [5.74, 6) is 0.144. The summed E-state index contributed by atoms with van der Waals surface area (Å²) in [5.41, 5.74) is 0.791. The Labute approximate surface area is 136 Å². The molecule has 0 aliphatic rings. The fraction of sp³-hybridized carbons (Fsp3) is 0.214. The van der Waals surface area contributed by atoms with Crippen LogP contribution in [0.5, 0.6) is 0 Å². The van der Waals surface area contributed by atoms with Crippen LogP contribution in [-0.2, 0) is 11.3 Å². The summed E-state index contributed by atoms with van der Waals surface area (Å²) in [4.78, 5) is 12.6. The van der Waals surface area contributed by atoms with Crippen LogP contribution in [0.25, 0.3) is 0 Å². The lowest BCUT2D eigenvalue weighted by Crippen LogP contribution is -2.12. The molecule has 4 N–H and O–H groups in total. The van der Waals surface area contributed by atoms with Gasteiger partial charge in [0.05, 0.1) is 35.7 Å². The third-order valence-corrected chi connectivity index (χ3v) is 3.79. The molecule has 0 saturated carbocycles. The number of carbonyl (C=O) groups is 1. The van der Waals surface area contributed by atoms with Crippen LogP contribution in [0, 0.1) is 0 Å². The molecule has 8 heteroatoms. The van der Waals surface area contributed by atoms with Gasteiger partial charge in [-0.25, -0.2) is 4.79 Å². The number of furan rings is 1. The number of benzene rings is 1. The molecule has 1 heterocycles. The highest BCUT2D eigenvalue weighted by atomic mass is 35.5. The third-order valence-electron chi connectivity index (χ3n) is 2.78. The lowest BCUT2D eigenvalue weighted by atomic mass is 10.1. The molecule has 0 unspecified atom stereocenters. The van der Waals surface area contributed by atoms with Crippen molar-refractivity contribution in [2.75, 3.05) is 18.5 Å². The van der Waals surface area contributed by atoms with Gasteiger partial charge >= 0.3 is 5.97 Å². The normalized spacial score (nSPS) is 10.5. The molecular weight excluding hydrogens is 328 g/mol. The zero-order chi connectivity index (χ0) is 15.9. The summed E-state index contributed by atoms with van der Waals surface area (Å²) < 4.78 is 10.2. The molecule has 0 radical (unpaired) electrons. The van der Waals surface area contributed by atoms with Gasteiger partial charge in [0.1, 0.15) is 12.4 Å². The molecule has 0 atom stereocenters. The number of carbonyl (C=O) groups excluding carboxylic acids is 1. The zero-order valence-electron chi connectivity index (χ0n) is 11.5. The lowest BCUT2D eigenvalue weighted by Gasteiger charge is -2.13. The number of rotatable bonds is 7. The minimum atomic E-state index is -0.567. The summed E-state index contributed by atoms with van der Waals surface area (Å²) in [7, 11) is 0. The van der Waals surface area contributed by atoms with E-state index >= 15 is 0 Å². The van der Waals surface area contributed by atoms with Gasteiger partial charge in [0.25, 0.3) is 0 Å². The summed E-state index contributed by atoms with van der Waals surface area (Å²) in [5, 5.41) is 17.8. The Kier molecular flexibility index (Phi) is 6.14. The molecule has 118 valence electrons. The molecule has 2 rings (SSSR count). The SMILES string of the molecule is NSc1cc(C(=O)OCCO)c(NCc2ccco2)cc1Cl. The molecule has 0 amide bonds. The van der Waals surface area contributed by atoms with E-state index in [1.165, 1.54) is 0 Å². The van der Waals surface area contributed by atoms with Crippen LogP contribution in [-0.4, -0.2) is 24.3 Å². The molecule has 6 nitrogen and oxygen atoms in total. The number of aliphatic hydroxyl groups excluding tert-OH is 1. The fourth-order valence-electron chi connectivity index (χ4n) is 1.77. The quantitative estimate of drug-likeness (QED) is 0.525. The van der Waals surface area contributed by atoms with E-state index in [9.17, 15) is 4.79 Å². The molecule has 0 fully saturated rings. The first-order valence-electron chi connectivity index (χ1n) is 6.40. The molecule has 2 aromatic rings. The Morgan fingerprint density at radius 2 is 2.32 bits per heavy atom. The molecule has 1 aromatic carbocycles. The van der Waals surface area contributed by atoms with Crippen LogP contribution in [0.1, 0.15) is 16.1 Å². The average molecular weight is 343 g/mol. The number of nitrogens with one attached hydrogen (secondary N) is 1. The van der Waals surface area contributed by atoms with E-state index in [2.05, 4.69) is 5.32 Å². The second kappa shape index (κ2) is 8.09. The predicted molar refractivity (Wildman–Crippen MR) is 84.9 cm³/mol. The van der Waals surface area contributed by atoms with Crippen molar-refractivity contribution in [2.24, 2.45) is 5.14 Å². The maximum absolute atomic E-state index is 12.1. The van der Waals surface area contributed by atoms with Crippen molar-refractivity contribution in [3.63, 3.8) is 0 Å². The number of nitrogens with two attached hydrogens (primary N) is 1. The highest BCUT2D eigenvalue weighted by molar-refractivity contribution is 7.97. The summed E-state index contributed by atoms with van der Waals surface area (Å²) >= 11 is 7.05. The van der Waals surface area contributed by atoms with Crippen molar-refractivity contribution < 1.29 is 19.1 Å². The maximum atomic E-state index is 12.1. The second-order valence-corrected chi connectivity index (χ2v) is 5.32. The van der Waals surface area contributed by atoms with Crippen LogP contribution in [0.4, 0.5) is 5.69 Å². The van der Waals surface area contributed by atoms with Gasteiger partial charge < -0.3 is 19.6 Å². The number of ether oxygens (including phenoxy) is 1. The molecule has 0 aliphatic heterocycles. The monoisotopic (exact) mass is 342 g/mol. The minimum absolute atomic E-state index is 0.0792. The first-order valence-corrected chi connectivity index (χ1v) is 7.66. The molecule has 22 heavy (non-hydrogen) atoms. The Morgan fingerprint density at radius 1 is 1.50 bits per heavy atom. The smallest absolute Gasteiger partial charge is 0.340 e. The molecule has 0 aliphatic carbocycles. The van der Waals surface area contributed by atoms with Gasteiger partial charge in [0.15, 0.2) is 0 Å². The number of anilines is 1. The third kappa shape index (κ3) is 4.17. The van der Waals surface area contributed by atoms with E-state index in [1.54, 1.807) is 24.5 Å². The van der Waals surface area contributed by atoms with Crippen LogP contribution in [0.2, 0.25) is 5.02 Å². The van der Waals surface area contributed by atoms with Crippen molar-refractivity contribution in [3.05, 3.63) is 46.9 Å². The van der Waals surface area contributed by atoms with Gasteiger partial charge in [0, 0.05) is 4.90 Å². The summed E-state index contributed by atoms with van der Waals surface area (Å²) in [6, 6.07) is 6.74. The van der Waals surface area contributed by atoms with Gasteiger partial charge in [-0.05, 0) is 36.2 Å². The lowest BCUT2D eigenvalue weighted by molar-refractivity contribution is 0.0434. The summed E-state index contributed by atoms with van der Waals surface area (Å²) in [6.07, 6.45) is 1.56. The van der Waals surface area contributed by atoms with Gasteiger partial charge in [-0.1, -0.05) is 11.6 Å². The van der Waals surface area contributed by atoms with E-state index in [1.807, 2.05) is 6.07 Å². The van der Waals surface area contributed by atoms with Crippen LogP contribution in [0.15, 0.2) is 39.8 Å². The zero-order valence-corrected chi connectivity index (χ0v) is 13.1. The highest BCUT2D eigenvalue weighted by Gasteiger charge is 2.16. The Hall–Kier alpha value is -1.67. The van der Waals surface area contributed by atoms with Crippen molar-refractivity contribution in [1.29, 1.82) is 0 Å². The highest BCUT2D eigenvalue weighted by Crippen LogP contribution is 2.31. The first kappa shape index (κ1) is 16.7. The first-order chi connectivity index (χ1) is 10.7.